The number of aryl methyl sites for hydroxylation is 1. The van der Waals surface area contributed by atoms with Gasteiger partial charge in [-0.05, 0) is 19.4 Å². The Hall–Kier alpha value is -3.09. The van der Waals surface area contributed by atoms with Gasteiger partial charge in [0, 0.05) is 29.9 Å². The lowest BCUT2D eigenvalue weighted by molar-refractivity contribution is 0.0693. The molecule has 0 bridgehead atoms. The SMILES string of the molecule is CCC1=NO[C@H](Cn2cc(-c3cnc(-c4cccc(C)c4)nc3)nn2)C1. The zero-order valence-electron chi connectivity index (χ0n) is 14.8. The van der Waals surface area contributed by atoms with E-state index in [1.54, 1.807) is 17.1 Å². The van der Waals surface area contributed by atoms with Crippen LogP contribution in [-0.2, 0) is 11.4 Å². The van der Waals surface area contributed by atoms with Crippen LogP contribution in [0.4, 0.5) is 0 Å². The van der Waals surface area contributed by atoms with Crippen LogP contribution >= 0.6 is 0 Å². The molecule has 1 aliphatic heterocycles. The molecule has 0 amide bonds. The quantitative estimate of drug-likeness (QED) is 0.707. The highest BCUT2D eigenvalue weighted by Gasteiger charge is 2.21. The number of hydrogen-bond donors (Lipinski definition) is 0. The highest BCUT2D eigenvalue weighted by molar-refractivity contribution is 5.85. The minimum absolute atomic E-state index is 0.0273. The van der Waals surface area contributed by atoms with Crippen molar-refractivity contribution in [1.82, 2.24) is 25.0 Å². The largest absolute Gasteiger partial charge is 0.390 e. The summed E-state index contributed by atoms with van der Waals surface area (Å²) in [5, 5.41) is 12.5. The predicted molar refractivity (Wildman–Crippen MR) is 98.4 cm³/mol. The number of benzene rings is 1. The number of oxime groups is 1. The van der Waals surface area contributed by atoms with Gasteiger partial charge in [-0.3, -0.25) is 0 Å². The molecule has 0 unspecified atom stereocenters. The second-order valence-corrected chi connectivity index (χ2v) is 6.43. The topological polar surface area (TPSA) is 78.1 Å². The molecule has 7 heteroatoms. The van der Waals surface area contributed by atoms with Crippen LogP contribution in [0.5, 0.6) is 0 Å². The molecule has 1 aromatic carbocycles. The van der Waals surface area contributed by atoms with Gasteiger partial charge in [-0.15, -0.1) is 5.10 Å². The second-order valence-electron chi connectivity index (χ2n) is 6.43. The van der Waals surface area contributed by atoms with Crippen molar-refractivity contribution in [2.75, 3.05) is 0 Å². The van der Waals surface area contributed by atoms with Crippen LogP contribution in [0, 0.1) is 6.92 Å². The summed E-state index contributed by atoms with van der Waals surface area (Å²) >= 11 is 0. The van der Waals surface area contributed by atoms with Crippen LogP contribution in [0.3, 0.4) is 0 Å². The van der Waals surface area contributed by atoms with E-state index >= 15 is 0 Å². The van der Waals surface area contributed by atoms with Gasteiger partial charge in [-0.25, -0.2) is 14.6 Å². The van der Waals surface area contributed by atoms with E-state index in [1.807, 2.05) is 18.3 Å². The highest BCUT2D eigenvalue weighted by atomic mass is 16.6. The molecule has 0 spiro atoms. The maximum atomic E-state index is 5.42. The smallest absolute Gasteiger partial charge is 0.159 e. The molecule has 0 fully saturated rings. The first-order valence-corrected chi connectivity index (χ1v) is 8.72. The summed E-state index contributed by atoms with van der Waals surface area (Å²) in [6.45, 7) is 4.76. The molecular weight excluding hydrogens is 328 g/mol. The molecule has 0 saturated heterocycles. The third-order valence-electron chi connectivity index (χ3n) is 4.36. The lowest BCUT2D eigenvalue weighted by Crippen LogP contribution is -2.16. The van der Waals surface area contributed by atoms with Gasteiger partial charge in [0.2, 0.25) is 0 Å². The lowest BCUT2D eigenvalue weighted by atomic mass is 10.1. The standard InChI is InChI=1S/C19H20N6O/c1-3-16-8-17(26-23-16)11-25-12-18(22-24-25)15-9-20-19(21-10-15)14-6-4-5-13(2)7-14/h4-7,9-10,12,17H,3,8,11H2,1-2H3/t17-/m0/s1. The van der Waals surface area contributed by atoms with Crippen molar-refractivity contribution in [3.8, 4) is 22.6 Å². The molecule has 0 N–H and O–H groups in total. The summed E-state index contributed by atoms with van der Waals surface area (Å²) in [6, 6.07) is 8.14. The Morgan fingerprint density at radius 1 is 1.19 bits per heavy atom. The third-order valence-corrected chi connectivity index (χ3v) is 4.36. The fourth-order valence-corrected chi connectivity index (χ4v) is 2.92. The van der Waals surface area contributed by atoms with Crippen molar-refractivity contribution in [1.29, 1.82) is 0 Å². The molecule has 0 aliphatic carbocycles. The number of hydrogen-bond acceptors (Lipinski definition) is 6. The fourth-order valence-electron chi connectivity index (χ4n) is 2.92. The van der Waals surface area contributed by atoms with Crippen LogP contribution < -0.4 is 0 Å². The molecule has 7 nitrogen and oxygen atoms in total. The van der Waals surface area contributed by atoms with Crippen molar-refractivity contribution >= 4 is 5.71 Å². The number of nitrogens with zero attached hydrogens (tertiary/aromatic N) is 6. The number of aromatic nitrogens is 5. The molecule has 4 rings (SSSR count). The van der Waals surface area contributed by atoms with E-state index in [1.165, 1.54) is 5.56 Å². The van der Waals surface area contributed by atoms with Crippen molar-refractivity contribution in [3.05, 3.63) is 48.4 Å². The Bertz CT molecular complexity index is 931. The van der Waals surface area contributed by atoms with E-state index in [0.29, 0.717) is 12.4 Å². The maximum absolute atomic E-state index is 5.42. The first-order valence-electron chi connectivity index (χ1n) is 8.72. The monoisotopic (exact) mass is 348 g/mol. The molecule has 3 heterocycles. The Labute approximate surface area is 151 Å². The fraction of sp³-hybridized carbons (Fsp3) is 0.316. The first kappa shape index (κ1) is 16.4. The van der Waals surface area contributed by atoms with Crippen LogP contribution in [0.1, 0.15) is 25.3 Å². The van der Waals surface area contributed by atoms with Gasteiger partial charge >= 0.3 is 0 Å². The average molecular weight is 348 g/mol. The van der Waals surface area contributed by atoms with Gasteiger partial charge < -0.3 is 4.84 Å². The normalized spacial score (nSPS) is 16.4. The molecule has 0 saturated carbocycles. The van der Waals surface area contributed by atoms with Crippen molar-refractivity contribution in [3.63, 3.8) is 0 Å². The van der Waals surface area contributed by atoms with Crippen LogP contribution in [0.2, 0.25) is 0 Å². The Balaban J connectivity index is 1.46. The van der Waals surface area contributed by atoms with Crippen molar-refractivity contribution in [2.45, 2.75) is 39.3 Å². The minimum atomic E-state index is 0.0273. The van der Waals surface area contributed by atoms with Crippen molar-refractivity contribution < 1.29 is 4.84 Å². The predicted octanol–water partition coefficient (Wildman–Crippen LogP) is 3.27. The minimum Gasteiger partial charge on any atom is -0.390 e. The third kappa shape index (κ3) is 3.46. The molecule has 132 valence electrons. The molecule has 1 aliphatic rings. The van der Waals surface area contributed by atoms with Gasteiger partial charge in [0.1, 0.15) is 5.69 Å². The Kier molecular flexibility index (Phi) is 4.43. The first-order chi connectivity index (χ1) is 12.7. The zero-order chi connectivity index (χ0) is 17.9. The van der Waals surface area contributed by atoms with Crippen LogP contribution in [-0.4, -0.2) is 36.8 Å². The molecule has 3 aromatic rings. The Morgan fingerprint density at radius 3 is 2.77 bits per heavy atom. The summed E-state index contributed by atoms with van der Waals surface area (Å²) in [4.78, 5) is 14.4. The second kappa shape index (κ2) is 7.03. The number of rotatable bonds is 5. The van der Waals surface area contributed by atoms with Gasteiger partial charge in [0.05, 0.1) is 18.5 Å². The molecular formula is C19H20N6O. The molecule has 0 radical (unpaired) electrons. The molecule has 2 aromatic heterocycles. The summed E-state index contributed by atoms with van der Waals surface area (Å²) in [6.07, 6.45) is 7.24. The van der Waals surface area contributed by atoms with E-state index in [2.05, 4.69) is 51.4 Å². The van der Waals surface area contributed by atoms with E-state index in [9.17, 15) is 0 Å². The summed E-state index contributed by atoms with van der Waals surface area (Å²) in [5.74, 6) is 0.702. The highest BCUT2D eigenvalue weighted by Crippen LogP contribution is 2.20. The van der Waals surface area contributed by atoms with Gasteiger partial charge in [0.15, 0.2) is 11.9 Å². The van der Waals surface area contributed by atoms with Crippen LogP contribution in [0.25, 0.3) is 22.6 Å². The van der Waals surface area contributed by atoms with E-state index in [-0.39, 0.29) is 6.10 Å². The van der Waals surface area contributed by atoms with Gasteiger partial charge in [0.25, 0.3) is 0 Å². The summed E-state index contributed by atoms with van der Waals surface area (Å²) in [5.41, 5.74) is 4.86. The average Bonchev–Trinajstić information content (AvgIpc) is 3.32. The summed E-state index contributed by atoms with van der Waals surface area (Å²) < 4.78 is 1.78. The maximum Gasteiger partial charge on any atom is 0.159 e. The van der Waals surface area contributed by atoms with E-state index in [0.717, 1.165) is 35.4 Å². The van der Waals surface area contributed by atoms with E-state index < -0.39 is 0 Å². The zero-order valence-corrected chi connectivity index (χ0v) is 14.8. The van der Waals surface area contributed by atoms with Crippen LogP contribution in [0.15, 0.2) is 48.0 Å². The van der Waals surface area contributed by atoms with Gasteiger partial charge in [-0.2, -0.15) is 0 Å². The molecule has 1 atom stereocenters. The summed E-state index contributed by atoms with van der Waals surface area (Å²) in [7, 11) is 0. The lowest BCUT2D eigenvalue weighted by Gasteiger charge is -2.06. The van der Waals surface area contributed by atoms with Crippen molar-refractivity contribution in [2.24, 2.45) is 5.16 Å². The van der Waals surface area contributed by atoms with Gasteiger partial charge in [-0.1, -0.05) is 41.1 Å². The molecule has 26 heavy (non-hydrogen) atoms. The Morgan fingerprint density at radius 2 is 2.04 bits per heavy atom. The van der Waals surface area contributed by atoms with E-state index in [4.69, 9.17) is 4.84 Å².